The van der Waals surface area contributed by atoms with Gasteiger partial charge in [0.2, 0.25) is 0 Å². The molecule has 3 nitrogen and oxygen atoms in total. The van der Waals surface area contributed by atoms with Gasteiger partial charge in [-0.2, -0.15) is 5.10 Å². The van der Waals surface area contributed by atoms with Gasteiger partial charge in [-0.05, 0) is 38.2 Å². The van der Waals surface area contributed by atoms with E-state index in [1.165, 1.54) is 5.69 Å². The first-order chi connectivity index (χ1) is 7.56. The van der Waals surface area contributed by atoms with Crippen LogP contribution in [0.3, 0.4) is 0 Å². The van der Waals surface area contributed by atoms with E-state index in [0.717, 1.165) is 31.4 Å². The third kappa shape index (κ3) is 2.34. The summed E-state index contributed by atoms with van der Waals surface area (Å²) >= 11 is 0. The number of carbonyl (C=O) groups is 1. The minimum atomic E-state index is 0.221. The monoisotopic (exact) mass is 220 g/mol. The van der Waals surface area contributed by atoms with Crippen LogP contribution in [0.15, 0.2) is 6.07 Å². The van der Waals surface area contributed by atoms with Crippen molar-refractivity contribution in [2.24, 2.45) is 18.9 Å². The second-order valence-electron chi connectivity index (χ2n) is 5.15. The van der Waals surface area contributed by atoms with Crippen LogP contribution in [-0.2, 0) is 18.3 Å². The molecule has 1 fully saturated rings. The summed E-state index contributed by atoms with van der Waals surface area (Å²) < 4.78 is 1.90. The quantitative estimate of drug-likeness (QED) is 0.766. The molecule has 2 unspecified atom stereocenters. The van der Waals surface area contributed by atoms with Crippen LogP contribution in [0.5, 0.6) is 0 Å². The maximum atomic E-state index is 11.8. The molecule has 1 aromatic rings. The average molecular weight is 220 g/mol. The summed E-state index contributed by atoms with van der Waals surface area (Å²) in [4.78, 5) is 11.8. The molecule has 0 amide bonds. The summed E-state index contributed by atoms with van der Waals surface area (Å²) in [6.45, 7) is 4.24. The van der Waals surface area contributed by atoms with Crippen LogP contribution in [0.2, 0.25) is 0 Å². The molecular formula is C13H20N2O. The Morgan fingerprint density at radius 2 is 2.31 bits per heavy atom. The second-order valence-corrected chi connectivity index (χ2v) is 5.15. The Morgan fingerprint density at radius 1 is 1.56 bits per heavy atom. The number of aromatic nitrogens is 2. The Morgan fingerprint density at radius 3 is 2.94 bits per heavy atom. The molecule has 1 saturated carbocycles. The van der Waals surface area contributed by atoms with Crippen molar-refractivity contribution in [2.75, 3.05) is 0 Å². The second kappa shape index (κ2) is 4.40. The number of ketones is 1. The molecule has 0 aliphatic heterocycles. The van der Waals surface area contributed by atoms with Crippen LogP contribution in [0.4, 0.5) is 0 Å². The van der Waals surface area contributed by atoms with Crippen molar-refractivity contribution in [3.05, 3.63) is 17.5 Å². The maximum absolute atomic E-state index is 11.8. The van der Waals surface area contributed by atoms with Crippen molar-refractivity contribution in [3.63, 3.8) is 0 Å². The van der Waals surface area contributed by atoms with E-state index < -0.39 is 0 Å². The van der Waals surface area contributed by atoms with Crippen molar-refractivity contribution < 1.29 is 4.79 Å². The predicted octanol–water partition coefficient (Wildman–Crippen LogP) is 2.28. The first kappa shape index (κ1) is 11.4. The predicted molar refractivity (Wildman–Crippen MR) is 63.2 cm³/mol. The molecule has 0 N–H and O–H groups in total. The first-order valence-corrected chi connectivity index (χ1v) is 6.08. The van der Waals surface area contributed by atoms with Gasteiger partial charge in [-0.15, -0.1) is 0 Å². The van der Waals surface area contributed by atoms with E-state index in [-0.39, 0.29) is 5.92 Å². The lowest BCUT2D eigenvalue weighted by Crippen LogP contribution is -2.26. The smallest absolute Gasteiger partial charge is 0.136 e. The van der Waals surface area contributed by atoms with E-state index >= 15 is 0 Å². The minimum Gasteiger partial charge on any atom is -0.299 e. The Hall–Kier alpha value is -1.12. The zero-order valence-corrected chi connectivity index (χ0v) is 10.4. The van der Waals surface area contributed by atoms with Crippen LogP contribution in [0.1, 0.15) is 37.6 Å². The molecule has 0 radical (unpaired) electrons. The molecule has 88 valence electrons. The fourth-order valence-electron chi connectivity index (χ4n) is 2.63. The average Bonchev–Trinajstić information content (AvgIpc) is 2.51. The third-order valence-corrected chi connectivity index (χ3v) is 3.58. The molecule has 2 rings (SSSR count). The molecule has 0 spiro atoms. The number of nitrogens with zero attached hydrogens (tertiary/aromatic N) is 2. The van der Waals surface area contributed by atoms with Crippen molar-refractivity contribution in [3.8, 4) is 0 Å². The Bertz CT molecular complexity index is 395. The molecule has 1 aliphatic carbocycles. The number of hydrogen-bond donors (Lipinski definition) is 0. The van der Waals surface area contributed by atoms with Crippen molar-refractivity contribution in [2.45, 2.75) is 39.5 Å². The molecule has 1 aromatic heterocycles. The van der Waals surface area contributed by atoms with E-state index in [0.29, 0.717) is 11.7 Å². The van der Waals surface area contributed by atoms with Crippen LogP contribution in [-0.4, -0.2) is 15.6 Å². The summed E-state index contributed by atoms with van der Waals surface area (Å²) in [6.07, 6.45) is 3.74. The van der Waals surface area contributed by atoms with Crippen LogP contribution < -0.4 is 0 Å². The van der Waals surface area contributed by atoms with Gasteiger partial charge in [-0.25, -0.2) is 0 Å². The summed E-state index contributed by atoms with van der Waals surface area (Å²) in [5.41, 5.74) is 2.22. The minimum absolute atomic E-state index is 0.221. The van der Waals surface area contributed by atoms with Gasteiger partial charge in [0.25, 0.3) is 0 Å². The van der Waals surface area contributed by atoms with Gasteiger partial charge >= 0.3 is 0 Å². The topological polar surface area (TPSA) is 34.9 Å². The molecule has 1 aliphatic rings. The Balaban J connectivity index is 2.08. The molecule has 0 bridgehead atoms. The van der Waals surface area contributed by atoms with Crippen LogP contribution in [0, 0.1) is 18.8 Å². The molecule has 0 saturated heterocycles. The number of aryl methyl sites for hydroxylation is 2. The van der Waals surface area contributed by atoms with Crippen molar-refractivity contribution >= 4 is 5.78 Å². The van der Waals surface area contributed by atoms with Crippen molar-refractivity contribution in [1.29, 1.82) is 0 Å². The number of carbonyl (C=O) groups excluding carboxylic acids is 1. The summed E-state index contributed by atoms with van der Waals surface area (Å²) in [6, 6.07) is 2.09. The standard InChI is InChI=1S/C13H20N2O/c1-9-4-5-13(16)11(6-9)8-12-7-10(2)14-15(12)3/h7,9,11H,4-6,8H2,1-3H3. The SMILES string of the molecule is Cc1cc(CC2CC(C)CCC2=O)n(C)n1. The molecular weight excluding hydrogens is 200 g/mol. The highest BCUT2D eigenvalue weighted by molar-refractivity contribution is 5.81. The van der Waals surface area contributed by atoms with Gasteiger partial charge in [0, 0.05) is 25.1 Å². The zero-order chi connectivity index (χ0) is 11.7. The fraction of sp³-hybridized carbons (Fsp3) is 0.692. The Labute approximate surface area is 96.8 Å². The van der Waals surface area contributed by atoms with E-state index in [1.807, 2.05) is 18.7 Å². The number of hydrogen-bond acceptors (Lipinski definition) is 2. The highest BCUT2D eigenvalue weighted by Gasteiger charge is 2.27. The molecule has 3 heteroatoms. The van der Waals surface area contributed by atoms with E-state index in [9.17, 15) is 4.79 Å². The fourth-order valence-corrected chi connectivity index (χ4v) is 2.63. The van der Waals surface area contributed by atoms with E-state index in [1.54, 1.807) is 0 Å². The van der Waals surface area contributed by atoms with Crippen LogP contribution in [0.25, 0.3) is 0 Å². The maximum Gasteiger partial charge on any atom is 0.136 e. The summed E-state index contributed by atoms with van der Waals surface area (Å²) in [5, 5.41) is 4.33. The third-order valence-electron chi connectivity index (χ3n) is 3.58. The number of rotatable bonds is 2. The van der Waals surface area contributed by atoms with Gasteiger partial charge in [-0.1, -0.05) is 6.92 Å². The highest BCUT2D eigenvalue weighted by atomic mass is 16.1. The molecule has 1 heterocycles. The van der Waals surface area contributed by atoms with Crippen molar-refractivity contribution in [1.82, 2.24) is 9.78 Å². The van der Waals surface area contributed by atoms with Gasteiger partial charge in [0.1, 0.15) is 5.78 Å². The molecule has 2 atom stereocenters. The lowest BCUT2D eigenvalue weighted by molar-refractivity contribution is -0.125. The van der Waals surface area contributed by atoms with Gasteiger partial charge in [0.15, 0.2) is 0 Å². The Kier molecular flexibility index (Phi) is 3.13. The highest BCUT2D eigenvalue weighted by Crippen LogP contribution is 2.28. The van der Waals surface area contributed by atoms with E-state index in [4.69, 9.17) is 0 Å². The number of Topliss-reactive ketones (excluding diaryl/α,β-unsaturated/α-hetero) is 1. The van der Waals surface area contributed by atoms with Crippen LogP contribution >= 0.6 is 0 Å². The largest absolute Gasteiger partial charge is 0.299 e. The first-order valence-electron chi connectivity index (χ1n) is 6.08. The lowest BCUT2D eigenvalue weighted by Gasteiger charge is -2.25. The molecule has 0 aromatic carbocycles. The summed E-state index contributed by atoms with van der Waals surface area (Å²) in [5.74, 6) is 1.35. The normalized spacial score (nSPS) is 26.1. The summed E-state index contributed by atoms with van der Waals surface area (Å²) in [7, 11) is 1.96. The molecule has 16 heavy (non-hydrogen) atoms. The van der Waals surface area contributed by atoms with Gasteiger partial charge in [-0.3, -0.25) is 9.48 Å². The van der Waals surface area contributed by atoms with E-state index in [2.05, 4.69) is 18.1 Å². The zero-order valence-electron chi connectivity index (χ0n) is 10.4. The van der Waals surface area contributed by atoms with Gasteiger partial charge in [0.05, 0.1) is 5.69 Å². The lowest BCUT2D eigenvalue weighted by atomic mass is 9.79. The van der Waals surface area contributed by atoms with Gasteiger partial charge < -0.3 is 0 Å².